The minimum atomic E-state index is -1.01. The number of carboxylic acids is 1. The lowest BCUT2D eigenvalue weighted by molar-refractivity contribution is -0.137. The normalized spacial score (nSPS) is 12.5. The molecule has 0 radical (unpaired) electrons. The number of carboxylic acid groups (broad SMARTS) is 1. The molecule has 0 bridgehead atoms. The number of rotatable bonds is 3. The summed E-state index contributed by atoms with van der Waals surface area (Å²) in [5.74, 6) is -2.26. The molecule has 1 rings (SSSR count). The predicted octanol–water partition coefficient (Wildman–Crippen LogP) is 2.42. The van der Waals surface area contributed by atoms with E-state index in [0.717, 1.165) is 0 Å². The van der Waals surface area contributed by atoms with E-state index in [1.54, 1.807) is 13.8 Å². The topological polar surface area (TPSA) is 57.5 Å². The average molecular weight is 212 g/mol. The van der Waals surface area contributed by atoms with Gasteiger partial charge in [-0.2, -0.15) is 0 Å². The summed E-state index contributed by atoms with van der Waals surface area (Å²) in [6.45, 7) is 3.22. The van der Waals surface area contributed by atoms with Gasteiger partial charge < -0.3 is 10.2 Å². The Hall–Kier alpha value is -1.58. The number of carbonyl (C=O) groups is 1. The van der Waals surface area contributed by atoms with Crippen LogP contribution in [0.1, 0.15) is 30.4 Å². The second-order valence-corrected chi connectivity index (χ2v) is 3.63. The summed E-state index contributed by atoms with van der Waals surface area (Å²) in [4.78, 5) is 10.5. The molecule has 0 aliphatic carbocycles. The van der Waals surface area contributed by atoms with E-state index in [4.69, 9.17) is 5.11 Å². The van der Waals surface area contributed by atoms with E-state index in [-0.39, 0.29) is 17.7 Å². The number of aromatic hydroxyl groups is 1. The summed E-state index contributed by atoms with van der Waals surface area (Å²) in [6, 6.07) is 2.70. The van der Waals surface area contributed by atoms with Crippen molar-refractivity contribution in [3.8, 4) is 5.75 Å². The average Bonchev–Trinajstić information content (AvgIpc) is 2.11. The zero-order valence-electron chi connectivity index (χ0n) is 8.62. The second kappa shape index (κ2) is 4.29. The summed E-state index contributed by atoms with van der Waals surface area (Å²) in [6.07, 6.45) is -0.200. The van der Waals surface area contributed by atoms with Crippen molar-refractivity contribution >= 4 is 5.97 Å². The van der Waals surface area contributed by atoms with Crippen LogP contribution >= 0.6 is 0 Å². The molecule has 0 saturated heterocycles. The summed E-state index contributed by atoms with van der Waals surface area (Å²) in [5.41, 5.74) is 0.626. The van der Waals surface area contributed by atoms with Crippen LogP contribution in [-0.2, 0) is 4.79 Å². The second-order valence-electron chi connectivity index (χ2n) is 3.63. The molecule has 0 spiro atoms. The lowest BCUT2D eigenvalue weighted by atomic mass is 9.94. The molecule has 1 aromatic rings. The molecule has 82 valence electrons. The Labute approximate surface area is 87.2 Å². The maximum atomic E-state index is 13.4. The van der Waals surface area contributed by atoms with E-state index in [0.29, 0.717) is 5.56 Å². The number of phenols is 1. The highest BCUT2D eigenvalue weighted by Crippen LogP contribution is 2.32. The quantitative estimate of drug-likeness (QED) is 0.808. The minimum absolute atomic E-state index is 0.0809. The lowest BCUT2D eigenvalue weighted by Gasteiger charge is -2.13. The molecule has 1 aromatic carbocycles. The Balaban J connectivity index is 3.12. The first-order valence-electron chi connectivity index (χ1n) is 4.63. The van der Waals surface area contributed by atoms with Crippen LogP contribution in [0.2, 0.25) is 0 Å². The van der Waals surface area contributed by atoms with Crippen LogP contribution in [0.3, 0.4) is 0 Å². The molecule has 0 fully saturated rings. The minimum Gasteiger partial charge on any atom is -0.507 e. The van der Waals surface area contributed by atoms with Gasteiger partial charge in [-0.15, -0.1) is 0 Å². The van der Waals surface area contributed by atoms with Gasteiger partial charge in [-0.25, -0.2) is 4.39 Å². The highest BCUT2D eigenvalue weighted by molar-refractivity contribution is 5.68. The molecule has 0 heterocycles. The molecule has 1 atom stereocenters. The van der Waals surface area contributed by atoms with Crippen molar-refractivity contribution in [2.24, 2.45) is 0 Å². The molecule has 4 heteroatoms. The zero-order valence-corrected chi connectivity index (χ0v) is 8.62. The molecule has 3 nitrogen and oxygen atoms in total. The summed E-state index contributed by atoms with van der Waals surface area (Å²) >= 11 is 0. The summed E-state index contributed by atoms with van der Waals surface area (Å²) in [5, 5.41) is 18.2. The molecule has 0 aromatic heterocycles. The standard InChI is InChI=1S/C11H13FO3/c1-6-3-4-8(12)10(11(6)15)7(2)5-9(13)14/h3-4,7,15H,5H2,1-2H3,(H,13,14). The van der Waals surface area contributed by atoms with E-state index in [9.17, 15) is 14.3 Å². The number of benzene rings is 1. The molecular weight excluding hydrogens is 199 g/mol. The van der Waals surface area contributed by atoms with Crippen molar-refractivity contribution in [1.82, 2.24) is 0 Å². The summed E-state index contributed by atoms with van der Waals surface area (Å²) in [7, 11) is 0. The third-order valence-electron chi connectivity index (χ3n) is 2.34. The van der Waals surface area contributed by atoms with Gasteiger partial charge >= 0.3 is 5.97 Å². The molecule has 15 heavy (non-hydrogen) atoms. The van der Waals surface area contributed by atoms with Crippen molar-refractivity contribution in [1.29, 1.82) is 0 Å². The van der Waals surface area contributed by atoms with Gasteiger partial charge in [-0.05, 0) is 24.5 Å². The fourth-order valence-electron chi connectivity index (χ4n) is 1.53. The Bertz CT molecular complexity index is 388. The number of halogens is 1. The highest BCUT2D eigenvalue weighted by Gasteiger charge is 2.19. The first-order valence-corrected chi connectivity index (χ1v) is 4.63. The Morgan fingerprint density at radius 1 is 1.53 bits per heavy atom. The predicted molar refractivity (Wildman–Crippen MR) is 53.5 cm³/mol. The van der Waals surface area contributed by atoms with Crippen molar-refractivity contribution < 1.29 is 19.4 Å². The number of hydrogen-bond acceptors (Lipinski definition) is 2. The van der Waals surface area contributed by atoms with Gasteiger partial charge in [0.05, 0.1) is 6.42 Å². The molecule has 2 N–H and O–H groups in total. The third-order valence-corrected chi connectivity index (χ3v) is 2.34. The maximum absolute atomic E-state index is 13.4. The summed E-state index contributed by atoms with van der Waals surface area (Å²) < 4.78 is 13.4. The largest absolute Gasteiger partial charge is 0.507 e. The van der Waals surface area contributed by atoms with Gasteiger partial charge in [0.25, 0.3) is 0 Å². The van der Waals surface area contributed by atoms with Crippen LogP contribution in [0.15, 0.2) is 12.1 Å². The van der Waals surface area contributed by atoms with Crippen LogP contribution in [0, 0.1) is 12.7 Å². The molecule has 0 aliphatic heterocycles. The van der Waals surface area contributed by atoms with E-state index >= 15 is 0 Å². The van der Waals surface area contributed by atoms with Gasteiger partial charge in [0, 0.05) is 5.56 Å². The van der Waals surface area contributed by atoms with Crippen molar-refractivity contribution in [3.05, 3.63) is 29.1 Å². The van der Waals surface area contributed by atoms with Gasteiger partial charge in [-0.1, -0.05) is 13.0 Å². The highest BCUT2D eigenvalue weighted by atomic mass is 19.1. The lowest BCUT2D eigenvalue weighted by Crippen LogP contribution is -2.05. The van der Waals surface area contributed by atoms with Crippen LogP contribution in [0.5, 0.6) is 5.75 Å². The monoisotopic (exact) mass is 212 g/mol. The van der Waals surface area contributed by atoms with E-state index < -0.39 is 17.7 Å². The van der Waals surface area contributed by atoms with Crippen LogP contribution in [0.4, 0.5) is 4.39 Å². The van der Waals surface area contributed by atoms with Crippen LogP contribution < -0.4 is 0 Å². The third kappa shape index (κ3) is 2.46. The fourth-order valence-corrected chi connectivity index (χ4v) is 1.53. The van der Waals surface area contributed by atoms with Crippen molar-refractivity contribution in [2.75, 3.05) is 0 Å². The number of aliphatic carboxylic acids is 1. The number of aryl methyl sites for hydroxylation is 1. The van der Waals surface area contributed by atoms with E-state index in [2.05, 4.69) is 0 Å². The first kappa shape index (κ1) is 11.5. The van der Waals surface area contributed by atoms with Crippen LogP contribution in [-0.4, -0.2) is 16.2 Å². The van der Waals surface area contributed by atoms with Gasteiger partial charge in [0.15, 0.2) is 0 Å². The Morgan fingerprint density at radius 2 is 2.13 bits per heavy atom. The number of hydrogen-bond donors (Lipinski definition) is 2. The Morgan fingerprint density at radius 3 is 2.67 bits per heavy atom. The van der Waals surface area contributed by atoms with E-state index in [1.165, 1.54) is 12.1 Å². The molecule has 1 unspecified atom stereocenters. The van der Waals surface area contributed by atoms with E-state index in [1.807, 2.05) is 0 Å². The SMILES string of the molecule is Cc1ccc(F)c(C(C)CC(=O)O)c1O. The molecule has 0 amide bonds. The van der Waals surface area contributed by atoms with Crippen molar-refractivity contribution in [2.45, 2.75) is 26.2 Å². The smallest absolute Gasteiger partial charge is 0.303 e. The zero-order chi connectivity index (χ0) is 11.6. The van der Waals surface area contributed by atoms with Gasteiger partial charge in [-0.3, -0.25) is 4.79 Å². The molecule has 0 aliphatic rings. The van der Waals surface area contributed by atoms with Gasteiger partial charge in [0.2, 0.25) is 0 Å². The fraction of sp³-hybridized carbons (Fsp3) is 0.364. The van der Waals surface area contributed by atoms with Crippen LogP contribution in [0.25, 0.3) is 0 Å². The molecular formula is C11H13FO3. The molecule has 0 saturated carbocycles. The maximum Gasteiger partial charge on any atom is 0.303 e. The van der Waals surface area contributed by atoms with Crippen molar-refractivity contribution in [3.63, 3.8) is 0 Å². The number of phenolic OH excluding ortho intramolecular Hbond substituents is 1. The first-order chi connectivity index (χ1) is 6.93. The van der Waals surface area contributed by atoms with Gasteiger partial charge in [0.1, 0.15) is 11.6 Å². The Kier molecular flexibility index (Phi) is 3.29.